The molecule has 0 saturated carbocycles. The molecule has 2 N–H and O–H groups in total. The molecule has 3 amide bonds. The molecular formula is C31H53N3O4. The minimum atomic E-state index is -0.818. The summed E-state index contributed by atoms with van der Waals surface area (Å²) in [6.45, 7) is 20.3. The van der Waals surface area contributed by atoms with Gasteiger partial charge in [0.2, 0.25) is 11.8 Å². The maximum Gasteiger partial charge on any atom is 0.408 e. The average Bonchev–Trinajstić information content (AvgIpc) is 2.79. The summed E-state index contributed by atoms with van der Waals surface area (Å²) in [5, 5.41) is 5.90. The van der Waals surface area contributed by atoms with Crippen LogP contribution in [-0.2, 0) is 14.3 Å². The molecule has 1 aromatic rings. The van der Waals surface area contributed by atoms with E-state index in [2.05, 4.69) is 31.4 Å². The number of amides is 3. The zero-order chi connectivity index (χ0) is 29.0. The van der Waals surface area contributed by atoms with E-state index in [-0.39, 0.29) is 23.8 Å². The first kappa shape index (κ1) is 33.5. The zero-order valence-corrected chi connectivity index (χ0v) is 25.5. The van der Waals surface area contributed by atoms with Crippen LogP contribution in [0.1, 0.15) is 112 Å². The van der Waals surface area contributed by atoms with Gasteiger partial charge in [-0.2, -0.15) is 0 Å². The van der Waals surface area contributed by atoms with Crippen LogP contribution >= 0.6 is 0 Å². The van der Waals surface area contributed by atoms with Crippen LogP contribution < -0.4 is 10.6 Å². The van der Waals surface area contributed by atoms with Crippen LogP contribution in [0.2, 0.25) is 0 Å². The molecule has 0 spiro atoms. The van der Waals surface area contributed by atoms with Crippen molar-refractivity contribution in [1.29, 1.82) is 0 Å². The van der Waals surface area contributed by atoms with E-state index in [9.17, 15) is 14.4 Å². The van der Waals surface area contributed by atoms with Gasteiger partial charge in [0.1, 0.15) is 17.7 Å². The number of nitrogens with zero attached hydrogens (tertiary/aromatic N) is 1. The third-order valence-electron chi connectivity index (χ3n) is 6.43. The maximum atomic E-state index is 14.4. The summed E-state index contributed by atoms with van der Waals surface area (Å²) in [5.74, 6) is 0.135. The molecule has 0 aliphatic carbocycles. The Bertz CT molecular complexity index is 891. The molecule has 38 heavy (non-hydrogen) atoms. The summed E-state index contributed by atoms with van der Waals surface area (Å²) in [6.07, 6.45) is 3.28. The Balaban J connectivity index is 3.59. The lowest BCUT2D eigenvalue weighted by Crippen LogP contribution is -2.56. The topological polar surface area (TPSA) is 87.7 Å². The average molecular weight is 532 g/mol. The summed E-state index contributed by atoms with van der Waals surface area (Å²) < 4.78 is 5.50. The Morgan fingerprint density at radius 1 is 0.974 bits per heavy atom. The van der Waals surface area contributed by atoms with Crippen LogP contribution in [0.4, 0.5) is 4.79 Å². The molecule has 0 saturated heterocycles. The van der Waals surface area contributed by atoms with Crippen LogP contribution in [0.25, 0.3) is 0 Å². The maximum absolute atomic E-state index is 14.4. The van der Waals surface area contributed by atoms with Crippen molar-refractivity contribution in [3.05, 3.63) is 35.4 Å². The Kier molecular flexibility index (Phi) is 13.9. The molecule has 3 unspecified atom stereocenters. The van der Waals surface area contributed by atoms with Crippen molar-refractivity contribution in [3.8, 4) is 0 Å². The molecule has 0 aliphatic rings. The molecule has 3 atom stereocenters. The van der Waals surface area contributed by atoms with Crippen molar-refractivity contribution in [2.24, 2.45) is 11.8 Å². The van der Waals surface area contributed by atoms with Gasteiger partial charge in [-0.3, -0.25) is 9.59 Å². The number of ether oxygens (including phenoxy) is 1. The largest absolute Gasteiger partial charge is 0.444 e. The van der Waals surface area contributed by atoms with Gasteiger partial charge < -0.3 is 20.3 Å². The predicted octanol–water partition coefficient (Wildman–Crippen LogP) is 6.55. The van der Waals surface area contributed by atoms with Gasteiger partial charge in [0.25, 0.3) is 0 Å². The number of hydrogen-bond donors (Lipinski definition) is 2. The smallest absolute Gasteiger partial charge is 0.408 e. The van der Waals surface area contributed by atoms with Gasteiger partial charge in [-0.25, -0.2) is 4.79 Å². The number of rotatable bonds is 14. The molecule has 0 aliphatic heterocycles. The van der Waals surface area contributed by atoms with E-state index >= 15 is 0 Å². The van der Waals surface area contributed by atoms with Gasteiger partial charge in [-0.1, -0.05) is 65.3 Å². The van der Waals surface area contributed by atoms with Crippen LogP contribution in [0.5, 0.6) is 0 Å². The fraction of sp³-hybridized carbons (Fsp3) is 0.710. The molecular weight excluding hydrogens is 478 g/mol. The lowest BCUT2D eigenvalue weighted by atomic mass is 9.93. The first-order valence-electron chi connectivity index (χ1n) is 14.3. The molecule has 0 fully saturated rings. The summed E-state index contributed by atoms with van der Waals surface area (Å²) >= 11 is 0. The third-order valence-corrected chi connectivity index (χ3v) is 6.43. The fourth-order valence-electron chi connectivity index (χ4n) is 4.43. The molecule has 1 aromatic carbocycles. The summed E-state index contributed by atoms with van der Waals surface area (Å²) in [7, 11) is 0. The van der Waals surface area contributed by atoms with E-state index in [1.807, 2.05) is 52.0 Å². The van der Waals surface area contributed by atoms with E-state index in [0.717, 1.165) is 36.8 Å². The molecule has 0 radical (unpaired) electrons. The second-order valence-corrected chi connectivity index (χ2v) is 12.3. The highest BCUT2D eigenvalue weighted by Gasteiger charge is 2.39. The molecule has 0 aromatic heterocycles. The quantitative estimate of drug-likeness (QED) is 0.267. The van der Waals surface area contributed by atoms with Gasteiger partial charge in [0, 0.05) is 12.6 Å². The van der Waals surface area contributed by atoms with Gasteiger partial charge >= 0.3 is 6.09 Å². The number of carbonyl (C=O) groups is 3. The Morgan fingerprint density at radius 2 is 1.61 bits per heavy atom. The zero-order valence-electron chi connectivity index (χ0n) is 25.5. The Morgan fingerprint density at radius 3 is 2.13 bits per heavy atom. The van der Waals surface area contributed by atoms with Crippen LogP contribution in [-0.4, -0.2) is 47.0 Å². The molecule has 0 bridgehead atoms. The lowest BCUT2D eigenvalue weighted by molar-refractivity contribution is -0.145. The van der Waals surface area contributed by atoms with Crippen LogP contribution in [0.15, 0.2) is 24.3 Å². The minimum Gasteiger partial charge on any atom is -0.444 e. The highest BCUT2D eigenvalue weighted by Crippen LogP contribution is 2.30. The number of unbranched alkanes of at least 4 members (excludes halogenated alkanes) is 1. The fourth-order valence-corrected chi connectivity index (χ4v) is 4.43. The van der Waals surface area contributed by atoms with Crippen molar-refractivity contribution >= 4 is 17.9 Å². The number of alkyl carbamates (subject to hydrolysis) is 1. The normalized spacial score (nSPS) is 14.1. The predicted molar refractivity (Wildman–Crippen MR) is 155 cm³/mol. The molecule has 7 heteroatoms. The lowest BCUT2D eigenvalue weighted by Gasteiger charge is -2.39. The van der Waals surface area contributed by atoms with E-state index in [1.165, 1.54) is 0 Å². The van der Waals surface area contributed by atoms with Crippen LogP contribution in [0, 0.1) is 18.8 Å². The number of hydrogen-bond acceptors (Lipinski definition) is 4. The van der Waals surface area contributed by atoms with E-state index in [4.69, 9.17) is 4.74 Å². The van der Waals surface area contributed by atoms with E-state index in [1.54, 1.807) is 25.7 Å². The third kappa shape index (κ3) is 11.4. The van der Waals surface area contributed by atoms with Gasteiger partial charge in [0.15, 0.2) is 0 Å². The van der Waals surface area contributed by atoms with E-state index in [0.29, 0.717) is 18.9 Å². The molecule has 7 nitrogen and oxygen atoms in total. The van der Waals surface area contributed by atoms with Gasteiger partial charge in [0.05, 0.1) is 0 Å². The summed E-state index contributed by atoms with van der Waals surface area (Å²) in [4.78, 5) is 42.7. The van der Waals surface area contributed by atoms with Crippen LogP contribution in [0.3, 0.4) is 0 Å². The Labute approximate surface area is 231 Å². The van der Waals surface area contributed by atoms with Crippen molar-refractivity contribution in [1.82, 2.24) is 15.5 Å². The van der Waals surface area contributed by atoms with Gasteiger partial charge in [-0.05, 0) is 83.3 Å². The molecule has 0 heterocycles. The van der Waals surface area contributed by atoms with E-state index < -0.39 is 23.8 Å². The Hall–Kier alpha value is -2.57. The van der Waals surface area contributed by atoms with Crippen molar-refractivity contribution in [2.45, 2.75) is 125 Å². The van der Waals surface area contributed by atoms with Crippen molar-refractivity contribution in [2.75, 3.05) is 6.54 Å². The highest BCUT2D eigenvalue weighted by molar-refractivity contribution is 5.92. The first-order chi connectivity index (χ1) is 17.7. The monoisotopic (exact) mass is 531 g/mol. The number of benzene rings is 1. The second kappa shape index (κ2) is 15.7. The summed E-state index contributed by atoms with van der Waals surface area (Å²) in [6, 6.07) is 5.88. The number of aryl methyl sites for hydroxylation is 1. The highest BCUT2D eigenvalue weighted by atomic mass is 16.6. The summed E-state index contributed by atoms with van der Waals surface area (Å²) in [5.41, 5.74) is 1.05. The molecule has 216 valence electrons. The van der Waals surface area contributed by atoms with Crippen molar-refractivity contribution in [3.63, 3.8) is 0 Å². The number of carbonyl (C=O) groups excluding carboxylic acids is 3. The minimum absolute atomic E-state index is 0.141. The van der Waals surface area contributed by atoms with Gasteiger partial charge in [-0.15, -0.1) is 0 Å². The standard InChI is InChI=1S/C31H53N3O4/c1-11-12-19-32-28(35)27(25-16-14-13-15-23(25)6)34(24(7)18-17-21(2)3)29(36)26(20-22(4)5)33-30(37)38-31(8,9)10/h13-16,21-22,24,26-27H,11-12,17-20H2,1-10H3,(H,32,35)(H,33,37). The second-order valence-electron chi connectivity index (χ2n) is 12.3. The SMILES string of the molecule is CCCCNC(=O)C(c1ccccc1C)N(C(=O)C(CC(C)C)NC(=O)OC(C)(C)C)C(C)CCC(C)C. The number of nitrogens with one attached hydrogen (secondary N) is 2. The first-order valence-corrected chi connectivity index (χ1v) is 14.3. The molecule has 1 rings (SSSR count). The van der Waals surface area contributed by atoms with Crippen molar-refractivity contribution < 1.29 is 19.1 Å².